The number of rotatable bonds is 9. The lowest BCUT2D eigenvalue weighted by Gasteiger charge is -2.12. The summed E-state index contributed by atoms with van der Waals surface area (Å²) >= 11 is 4.41. The number of nitrogens with two attached hydrogens (primary N) is 1. The first-order valence-corrected chi connectivity index (χ1v) is 12.9. The number of nitrogens with zero attached hydrogens (tertiary/aromatic N) is 3. The van der Waals surface area contributed by atoms with Gasteiger partial charge in [-0.2, -0.15) is 0 Å². The molecule has 0 fully saturated rings. The maximum Gasteiger partial charge on any atom is 0.251 e. The summed E-state index contributed by atoms with van der Waals surface area (Å²) in [6.07, 6.45) is 0. The number of carbonyl (C=O) groups excluding carboxylic acids is 2. The molecular formula is C22H27N5O2S3. The minimum atomic E-state index is -0.538. The highest BCUT2D eigenvalue weighted by atomic mass is 32.2. The zero-order valence-corrected chi connectivity index (χ0v) is 21.2. The Morgan fingerprint density at radius 3 is 2.50 bits per heavy atom. The van der Waals surface area contributed by atoms with Gasteiger partial charge in [0.25, 0.3) is 5.91 Å². The second kappa shape index (κ2) is 10.5. The first-order valence-electron chi connectivity index (χ1n) is 10.2. The molecule has 0 aliphatic rings. The van der Waals surface area contributed by atoms with E-state index in [9.17, 15) is 9.59 Å². The van der Waals surface area contributed by atoms with E-state index in [0.29, 0.717) is 28.0 Å². The summed E-state index contributed by atoms with van der Waals surface area (Å²) in [5.74, 6) is 0.818. The molecule has 3 aromatic rings. The standard InChI is InChI=1S/C22H27N5O2S3/c1-6-27-17(11-30-16-9-7-12(2)8-10-16)25-26-22(27)32-15(5)20(29)24-21-18(19(23)28)13(3)14(4)31-21/h7-10,15H,6,11H2,1-5H3,(H2,23,28)(H,24,29). The summed E-state index contributed by atoms with van der Waals surface area (Å²) in [4.78, 5) is 26.8. The molecule has 0 saturated carbocycles. The molecule has 0 radical (unpaired) electrons. The minimum Gasteiger partial charge on any atom is -0.365 e. The zero-order chi connectivity index (χ0) is 23.4. The summed E-state index contributed by atoms with van der Waals surface area (Å²) in [5, 5.41) is 12.3. The lowest BCUT2D eigenvalue weighted by Crippen LogP contribution is -2.24. The Morgan fingerprint density at radius 2 is 1.88 bits per heavy atom. The first kappa shape index (κ1) is 24.3. The van der Waals surface area contributed by atoms with Crippen LogP contribution in [-0.4, -0.2) is 31.8 Å². The molecule has 1 unspecified atom stereocenters. The smallest absolute Gasteiger partial charge is 0.251 e. The van der Waals surface area contributed by atoms with Crippen LogP contribution in [0.3, 0.4) is 0 Å². The van der Waals surface area contributed by atoms with Crippen molar-refractivity contribution < 1.29 is 9.59 Å². The van der Waals surface area contributed by atoms with Crippen LogP contribution < -0.4 is 11.1 Å². The topological polar surface area (TPSA) is 103 Å². The van der Waals surface area contributed by atoms with Gasteiger partial charge >= 0.3 is 0 Å². The average molecular weight is 490 g/mol. The molecule has 3 rings (SSSR count). The number of hydrogen-bond donors (Lipinski definition) is 2. The van der Waals surface area contributed by atoms with Crippen molar-refractivity contribution in [3.63, 3.8) is 0 Å². The van der Waals surface area contributed by atoms with E-state index >= 15 is 0 Å². The van der Waals surface area contributed by atoms with Crippen molar-refractivity contribution in [2.45, 2.75) is 62.2 Å². The van der Waals surface area contributed by atoms with E-state index in [-0.39, 0.29) is 5.91 Å². The maximum absolute atomic E-state index is 12.8. The predicted molar refractivity (Wildman–Crippen MR) is 133 cm³/mol. The van der Waals surface area contributed by atoms with Crippen LogP contribution >= 0.6 is 34.9 Å². The van der Waals surface area contributed by atoms with Gasteiger partial charge in [0, 0.05) is 16.3 Å². The summed E-state index contributed by atoms with van der Waals surface area (Å²) in [6, 6.07) is 8.38. The lowest BCUT2D eigenvalue weighted by atomic mass is 10.1. The average Bonchev–Trinajstić information content (AvgIpc) is 3.26. The zero-order valence-electron chi connectivity index (χ0n) is 18.8. The molecule has 0 bridgehead atoms. The molecule has 0 aliphatic heterocycles. The molecule has 3 N–H and O–H groups in total. The molecule has 10 heteroatoms. The predicted octanol–water partition coefficient (Wildman–Crippen LogP) is 4.80. The second-order valence-corrected chi connectivity index (χ2v) is 10.9. The monoisotopic (exact) mass is 489 g/mol. The largest absolute Gasteiger partial charge is 0.365 e. The summed E-state index contributed by atoms with van der Waals surface area (Å²) in [5.41, 5.74) is 7.92. The highest BCUT2D eigenvalue weighted by molar-refractivity contribution is 8.00. The fourth-order valence-corrected chi connectivity index (χ4v) is 5.89. The number of thioether (sulfide) groups is 2. The number of aromatic nitrogens is 3. The van der Waals surface area contributed by atoms with E-state index < -0.39 is 11.2 Å². The fraction of sp³-hybridized carbons (Fsp3) is 0.364. The van der Waals surface area contributed by atoms with Crippen molar-refractivity contribution in [3.8, 4) is 0 Å². The summed E-state index contributed by atoms with van der Waals surface area (Å²) in [7, 11) is 0. The number of anilines is 1. The third kappa shape index (κ3) is 5.54. The highest BCUT2D eigenvalue weighted by Gasteiger charge is 2.24. The van der Waals surface area contributed by atoms with Crippen LogP contribution in [0.2, 0.25) is 0 Å². The van der Waals surface area contributed by atoms with Gasteiger partial charge in [0.05, 0.1) is 16.6 Å². The van der Waals surface area contributed by atoms with Gasteiger partial charge < -0.3 is 15.6 Å². The number of hydrogen-bond acceptors (Lipinski definition) is 7. The Kier molecular flexibility index (Phi) is 8.02. The van der Waals surface area contributed by atoms with Gasteiger partial charge in [-0.25, -0.2) is 0 Å². The molecule has 2 aromatic heterocycles. The van der Waals surface area contributed by atoms with Gasteiger partial charge in [-0.05, 0) is 52.3 Å². The van der Waals surface area contributed by atoms with Crippen LogP contribution in [0.1, 0.15) is 46.0 Å². The van der Waals surface area contributed by atoms with Gasteiger partial charge in [0.15, 0.2) is 5.16 Å². The molecule has 0 spiro atoms. The molecule has 1 aromatic carbocycles. The van der Waals surface area contributed by atoms with Crippen molar-refractivity contribution in [1.82, 2.24) is 14.8 Å². The highest BCUT2D eigenvalue weighted by Crippen LogP contribution is 2.33. The molecule has 170 valence electrons. The summed E-state index contributed by atoms with van der Waals surface area (Å²) < 4.78 is 2.03. The van der Waals surface area contributed by atoms with E-state index in [1.807, 2.05) is 32.3 Å². The SMILES string of the molecule is CCn1c(CSc2ccc(C)cc2)nnc1SC(C)C(=O)Nc1sc(C)c(C)c1C(N)=O. The molecule has 32 heavy (non-hydrogen) atoms. The molecule has 2 amide bonds. The third-order valence-corrected chi connectivity index (χ3v) is 8.23. The Bertz CT molecular complexity index is 1120. The Morgan fingerprint density at radius 1 is 1.19 bits per heavy atom. The minimum absolute atomic E-state index is 0.208. The Hall–Kier alpha value is -2.30. The molecular weight excluding hydrogens is 462 g/mol. The number of aryl methyl sites for hydroxylation is 2. The molecule has 1 atom stereocenters. The van der Waals surface area contributed by atoms with Crippen LogP contribution in [0.5, 0.6) is 0 Å². The first-order chi connectivity index (χ1) is 15.2. The van der Waals surface area contributed by atoms with E-state index in [1.165, 1.54) is 33.6 Å². The van der Waals surface area contributed by atoms with Crippen LogP contribution in [0.15, 0.2) is 34.3 Å². The van der Waals surface area contributed by atoms with Crippen LogP contribution in [0.4, 0.5) is 5.00 Å². The number of primary amides is 1. The Balaban J connectivity index is 1.67. The second-order valence-electron chi connectivity index (χ2n) is 7.35. The summed E-state index contributed by atoms with van der Waals surface area (Å²) in [6.45, 7) is 10.4. The van der Waals surface area contributed by atoms with E-state index in [4.69, 9.17) is 5.73 Å². The van der Waals surface area contributed by atoms with Crippen LogP contribution in [-0.2, 0) is 17.1 Å². The molecule has 0 aliphatic carbocycles. The van der Waals surface area contributed by atoms with E-state index in [1.54, 1.807) is 11.8 Å². The van der Waals surface area contributed by atoms with Crippen molar-refractivity contribution in [2.24, 2.45) is 5.73 Å². The molecule has 2 heterocycles. The molecule has 0 saturated heterocycles. The number of benzene rings is 1. The van der Waals surface area contributed by atoms with Gasteiger partial charge in [0.1, 0.15) is 10.8 Å². The normalized spacial score (nSPS) is 12.0. The number of amides is 2. The third-order valence-electron chi connectivity index (χ3n) is 5.02. The maximum atomic E-state index is 12.8. The van der Waals surface area contributed by atoms with Crippen molar-refractivity contribution in [1.29, 1.82) is 0 Å². The number of carbonyl (C=O) groups is 2. The van der Waals surface area contributed by atoms with Crippen LogP contribution in [0, 0.1) is 20.8 Å². The fourth-order valence-electron chi connectivity index (χ4n) is 3.05. The van der Waals surface area contributed by atoms with Gasteiger partial charge in [-0.3, -0.25) is 9.59 Å². The Labute approximate surface area is 200 Å². The van der Waals surface area contributed by atoms with E-state index in [0.717, 1.165) is 16.3 Å². The van der Waals surface area contributed by atoms with Gasteiger partial charge in [-0.15, -0.1) is 33.3 Å². The van der Waals surface area contributed by atoms with Crippen molar-refractivity contribution >= 4 is 51.7 Å². The number of nitrogens with one attached hydrogen (secondary N) is 1. The van der Waals surface area contributed by atoms with Gasteiger partial charge in [0.2, 0.25) is 5.91 Å². The lowest BCUT2D eigenvalue weighted by molar-refractivity contribution is -0.115. The van der Waals surface area contributed by atoms with Crippen molar-refractivity contribution in [2.75, 3.05) is 5.32 Å². The van der Waals surface area contributed by atoms with Gasteiger partial charge in [-0.1, -0.05) is 29.5 Å². The number of thiophene rings is 1. The van der Waals surface area contributed by atoms with E-state index in [2.05, 4.69) is 46.7 Å². The van der Waals surface area contributed by atoms with Crippen molar-refractivity contribution in [3.05, 3.63) is 51.7 Å². The van der Waals surface area contributed by atoms with Crippen LogP contribution in [0.25, 0.3) is 0 Å². The molecule has 7 nitrogen and oxygen atoms in total. The quantitative estimate of drug-likeness (QED) is 0.419.